The smallest absolute Gasteiger partial charge is 0.368 e. The lowest BCUT2D eigenvalue weighted by molar-refractivity contribution is -0.122. The van der Waals surface area contributed by atoms with Crippen molar-refractivity contribution in [1.29, 1.82) is 0 Å². The number of nitrogens with zero attached hydrogens (tertiary/aromatic N) is 3. The van der Waals surface area contributed by atoms with Gasteiger partial charge in [0.1, 0.15) is 12.1 Å². The highest BCUT2D eigenvalue weighted by atomic mass is 32.3. The topological polar surface area (TPSA) is 143 Å². The Morgan fingerprint density at radius 3 is 2.85 bits per heavy atom. The van der Waals surface area contributed by atoms with E-state index in [2.05, 4.69) is 9.27 Å². The third-order valence-corrected chi connectivity index (χ3v) is 5.79. The number of pyridine rings is 1. The Morgan fingerprint density at radius 1 is 1.46 bits per heavy atom. The van der Waals surface area contributed by atoms with E-state index >= 15 is 0 Å². The van der Waals surface area contributed by atoms with Crippen LogP contribution >= 0.6 is 11.3 Å². The Labute approximate surface area is 151 Å². The first-order valence-electron chi connectivity index (χ1n) is 7.36. The van der Waals surface area contributed by atoms with E-state index in [9.17, 15) is 18.0 Å². The summed E-state index contributed by atoms with van der Waals surface area (Å²) in [5, 5.41) is 0.552. The Hall–Kier alpha value is -2.54. The number of carbonyl (C=O) groups excluding carboxylic acids is 2. The van der Waals surface area contributed by atoms with Gasteiger partial charge in [0.25, 0.3) is 0 Å². The van der Waals surface area contributed by atoms with E-state index in [0.717, 1.165) is 15.3 Å². The molecule has 3 amide bonds. The largest absolute Gasteiger partial charge is 0.418 e. The van der Waals surface area contributed by atoms with Gasteiger partial charge in [-0.05, 0) is 17.7 Å². The fourth-order valence-corrected chi connectivity index (χ4v) is 4.89. The average Bonchev–Trinajstić information content (AvgIpc) is 3.12. The highest BCUT2D eigenvalue weighted by Gasteiger charge is 2.52. The number of amides is 3. The second-order valence-corrected chi connectivity index (χ2v) is 7.84. The number of carbonyl (C=O) groups is 2. The van der Waals surface area contributed by atoms with Gasteiger partial charge in [-0.15, -0.1) is 15.6 Å². The monoisotopic (exact) mass is 396 g/mol. The van der Waals surface area contributed by atoms with Gasteiger partial charge in [-0.2, -0.15) is 13.5 Å². The summed E-state index contributed by atoms with van der Waals surface area (Å²) in [6.45, 7) is 0.0121. The van der Waals surface area contributed by atoms with Gasteiger partial charge < -0.3 is 10.6 Å². The molecule has 0 unspecified atom stereocenters. The SMILES string of the molecule is NC(=O)[C@@H]1c2sc(-c3cccnc3)cc2[C@@H]2CN1C(=O)N2OS(=O)(=O)O. The summed E-state index contributed by atoms with van der Waals surface area (Å²) >= 11 is 1.27. The van der Waals surface area contributed by atoms with Gasteiger partial charge in [0.2, 0.25) is 5.91 Å². The fraction of sp³-hybridized carbons (Fsp3) is 0.214. The van der Waals surface area contributed by atoms with E-state index in [0.29, 0.717) is 15.5 Å². The van der Waals surface area contributed by atoms with Crippen LogP contribution in [0.5, 0.6) is 0 Å². The van der Waals surface area contributed by atoms with Crippen molar-refractivity contribution in [1.82, 2.24) is 14.9 Å². The molecule has 1 fully saturated rings. The maximum Gasteiger partial charge on any atom is 0.418 e. The first kappa shape index (κ1) is 16.9. The van der Waals surface area contributed by atoms with Crippen LogP contribution in [0.15, 0.2) is 30.6 Å². The zero-order valence-electron chi connectivity index (χ0n) is 13.0. The van der Waals surface area contributed by atoms with E-state index in [-0.39, 0.29) is 6.54 Å². The van der Waals surface area contributed by atoms with Gasteiger partial charge in [-0.25, -0.2) is 4.79 Å². The molecule has 2 aliphatic heterocycles. The molecule has 4 rings (SSSR count). The number of nitrogens with two attached hydrogens (primary N) is 1. The first-order chi connectivity index (χ1) is 12.3. The molecule has 1 saturated heterocycles. The Morgan fingerprint density at radius 2 is 2.23 bits per heavy atom. The highest BCUT2D eigenvalue weighted by molar-refractivity contribution is 7.80. The van der Waals surface area contributed by atoms with Crippen molar-refractivity contribution in [3.8, 4) is 10.4 Å². The van der Waals surface area contributed by atoms with Gasteiger partial charge in [0.05, 0.1) is 6.54 Å². The van der Waals surface area contributed by atoms with E-state index in [4.69, 9.17) is 10.3 Å². The van der Waals surface area contributed by atoms with Crippen LogP contribution in [0.3, 0.4) is 0 Å². The number of fused-ring (bicyclic) bond motifs is 4. The Bertz CT molecular complexity index is 1010. The summed E-state index contributed by atoms with van der Waals surface area (Å²) in [5.74, 6) is -0.744. The van der Waals surface area contributed by atoms with E-state index in [1.54, 1.807) is 24.5 Å². The van der Waals surface area contributed by atoms with Gasteiger partial charge in [-0.1, -0.05) is 6.07 Å². The highest BCUT2D eigenvalue weighted by Crippen LogP contribution is 2.49. The third-order valence-electron chi connectivity index (χ3n) is 4.19. The number of thiophene rings is 1. The minimum Gasteiger partial charge on any atom is -0.368 e. The number of hydrogen-bond donors (Lipinski definition) is 2. The van der Waals surface area contributed by atoms with Crippen molar-refractivity contribution in [3.05, 3.63) is 41.0 Å². The summed E-state index contributed by atoms with van der Waals surface area (Å²) in [5.41, 5.74) is 6.83. The standard InChI is InChI=1S/C14H12N4O6S2/c15-13(19)11-12-8(4-10(25-12)7-2-1-3-16-5-7)9-6-17(11)14(20)18(9)24-26(21,22)23/h1-5,9,11H,6H2,(H2,15,19)(H,21,22,23)/t9-,11-/m0/s1. The average molecular weight is 396 g/mol. The first-order valence-corrected chi connectivity index (χ1v) is 9.54. The van der Waals surface area contributed by atoms with Gasteiger partial charge in [0, 0.05) is 27.7 Å². The van der Waals surface area contributed by atoms with Crippen LogP contribution in [0.25, 0.3) is 10.4 Å². The van der Waals surface area contributed by atoms with Gasteiger partial charge in [0.15, 0.2) is 0 Å². The molecule has 4 heterocycles. The van der Waals surface area contributed by atoms with Crippen LogP contribution in [0.1, 0.15) is 22.5 Å². The second kappa shape index (κ2) is 5.74. The van der Waals surface area contributed by atoms with Crippen molar-refractivity contribution in [2.45, 2.75) is 12.1 Å². The lowest BCUT2D eigenvalue weighted by Crippen LogP contribution is -2.41. The van der Waals surface area contributed by atoms with Gasteiger partial charge >= 0.3 is 16.4 Å². The van der Waals surface area contributed by atoms with E-state index < -0.39 is 34.4 Å². The molecular formula is C14H12N4O6S2. The molecule has 2 aromatic rings. The quantitative estimate of drug-likeness (QED) is 0.730. The summed E-state index contributed by atoms with van der Waals surface area (Å²) in [7, 11) is -4.91. The molecule has 3 N–H and O–H groups in total. The normalized spacial score (nSPS) is 21.8. The number of hydroxylamine groups is 2. The summed E-state index contributed by atoms with van der Waals surface area (Å²) in [6, 6.07) is 2.64. The van der Waals surface area contributed by atoms with Crippen LogP contribution in [0, 0.1) is 0 Å². The molecule has 0 aliphatic carbocycles. The molecule has 2 aromatic heterocycles. The third kappa shape index (κ3) is 2.63. The zero-order valence-corrected chi connectivity index (χ0v) is 14.6. The Kier molecular flexibility index (Phi) is 3.73. The van der Waals surface area contributed by atoms with E-state index in [1.165, 1.54) is 11.3 Å². The minimum atomic E-state index is -4.91. The molecule has 2 bridgehead atoms. The molecule has 0 spiro atoms. The molecule has 2 aliphatic rings. The summed E-state index contributed by atoms with van der Waals surface area (Å²) in [4.78, 5) is 30.9. The molecule has 136 valence electrons. The van der Waals surface area contributed by atoms with Crippen LogP contribution in [0.4, 0.5) is 4.79 Å². The number of primary amides is 1. The zero-order chi connectivity index (χ0) is 18.6. The lowest BCUT2D eigenvalue weighted by Gasteiger charge is -2.27. The van der Waals surface area contributed by atoms with Crippen molar-refractivity contribution in [2.75, 3.05) is 6.54 Å². The van der Waals surface area contributed by atoms with Crippen LogP contribution < -0.4 is 5.73 Å². The molecule has 10 nitrogen and oxygen atoms in total. The number of urea groups is 1. The summed E-state index contributed by atoms with van der Waals surface area (Å²) in [6.07, 6.45) is 3.27. The Balaban J connectivity index is 1.84. The predicted molar refractivity (Wildman–Crippen MR) is 88.8 cm³/mol. The summed E-state index contributed by atoms with van der Waals surface area (Å²) < 4.78 is 35.6. The van der Waals surface area contributed by atoms with E-state index in [1.807, 2.05) is 6.07 Å². The maximum atomic E-state index is 12.4. The van der Waals surface area contributed by atoms with Crippen molar-refractivity contribution in [2.24, 2.45) is 5.73 Å². The van der Waals surface area contributed by atoms with Crippen LogP contribution in [-0.2, 0) is 19.5 Å². The van der Waals surface area contributed by atoms with Crippen molar-refractivity contribution >= 4 is 33.7 Å². The molecule has 0 saturated carbocycles. The lowest BCUT2D eigenvalue weighted by atomic mass is 9.98. The number of hydrogen-bond acceptors (Lipinski definition) is 7. The van der Waals surface area contributed by atoms with Crippen LogP contribution in [-0.4, -0.2) is 46.4 Å². The van der Waals surface area contributed by atoms with Gasteiger partial charge in [-0.3, -0.25) is 14.3 Å². The van der Waals surface area contributed by atoms with Crippen molar-refractivity contribution < 1.29 is 26.8 Å². The fourth-order valence-electron chi connectivity index (χ4n) is 3.19. The molecular weight excluding hydrogens is 384 g/mol. The minimum absolute atomic E-state index is 0.0121. The number of rotatable bonds is 4. The second-order valence-electron chi connectivity index (χ2n) is 5.76. The molecule has 0 aromatic carbocycles. The molecule has 26 heavy (non-hydrogen) atoms. The predicted octanol–water partition coefficient (Wildman–Crippen LogP) is 0.863. The van der Waals surface area contributed by atoms with Crippen molar-refractivity contribution in [3.63, 3.8) is 0 Å². The maximum absolute atomic E-state index is 12.4. The molecule has 0 radical (unpaired) electrons. The number of aromatic nitrogens is 1. The van der Waals surface area contributed by atoms with Crippen LogP contribution in [0.2, 0.25) is 0 Å². The molecule has 2 atom stereocenters. The molecule has 12 heteroatoms.